The molecule has 0 fully saturated rings. The Morgan fingerprint density at radius 1 is 1.33 bits per heavy atom. The van der Waals surface area contributed by atoms with Gasteiger partial charge in [0.05, 0.1) is 11.4 Å². The summed E-state index contributed by atoms with van der Waals surface area (Å²) in [6.07, 6.45) is 0. The normalized spacial score (nSPS) is 11.1. The van der Waals surface area contributed by atoms with Gasteiger partial charge < -0.3 is 5.73 Å². The van der Waals surface area contributed by atoms with Crippen LogP contribution in [0.5, 0.6) is 0 Å². The molecule has 0 atom stereocenters. The Kier molecular flexibility index (Phi) is 5.35. The van der Waals surface area contributed by atoms with Gasteiger partial charge in [0.15, 0.2) is 0 Å². The third-order valence-corrected chi connectivity index (χ3v) is 3.67. The summed E-state index contributed by atoms with van der Waals surface area (Å²) < 4.78 is 26.8. The molecule has 0 saturated carbocycles. The zero-order valence-corrected chi connectivity index (χ0v) is 11.4. The predicted octanol–water partition coefficient (Wildman–Crippen LogP) is 0.931. The Labute approximate surface area is 109 Å². The van der Waals surface area contributed by atoms with Gasteiger partial charge in [0.25, 0.3) is 0 Å². The summed E-state index contributed by atoms with van der Waals surface area (Å²) in [4.78, 5) is 0.201. The van der Waals surface area contributed by atoms with Gasteiger partial charge in [0.1, 0.15) is 0 Å². The first-order chi connectivity index (χ1) is 8.47. The van der Waals surface area contributed by atoms with Crippen LogP contribution in [-0.2, 0) is 10.0 Å². The lowest BCUT2D eigenvalue weighted by molar-refractivity contribution is 0.560. The van der Waals surface area contributed by atoms with E-state index in [1.807, 2.05) is 13.8 Å². The lowest BCUT2D eigenvalue weighted by Crippen LogP contribution is -2.28. The molecule has 0 bridgehead atoms. The first-order valence-corrected chi connectivity index (χ1v) is 7.23. The number of rotatable bonds is 4. The van der Waals surface area contributed by atoms with Crippen LogP contribution >= 0.6 is 0 Å². The molecule has 0 heterocycles. The van der Waals surface area contributed by atoms with Crippen molar-refractivity contribution >= 4 is 10.0 Å². The Morgan fingerprint density at radius 3 is 2.61 bits per heavy atom. The molecule has 1 aromatic rings. The Balaban J connectivity index is 3.08. The van der Waals surface area contributed by atoms with Crippen LogP contribution in [-0.4, -0.2) is 21.5 Å². The summed E-state index contributed by atoms with van der Waals surface area (Å²) >= 11 is 0. The molecule has 0 aromatic heterocycles. The van der Waals surface area contributed by atoms with Crippen molar-refractivity contribution < 1.29 is 8.42 Å². The molecule has 4 nitrogen and oxygen atoms in total. The van der Waals surface area contributed by atoms with Gasteiger partial charge >= 0.3 is 0 Å². The van der Waals surface area contributed by atoms with E-state index < -0.39 is 10.0 Å². The lowest BCUT2D eigenvalue weighted by atomic mass is 10.2. The van der Waals surface area contributed by atoms with Gasteiger partial charge in [-0.3, -0.25) is 0 Å². The van der Waals surface area contributed by atoms with Crippen LogP contribution in [0.4, 0.5) is 0 Å². The fourth-order valence-corrected chi connectivity index (χ4v) is 2.68. The van der Waals surface area contributed by atoms with E-state index in [1.54, 1.807) is 24.3 Å². The second-order valence-electron chi connectivity index (χ2n) is 4.25. The van der Waals surface area contributed by atoms with Crippen molar-refractivity contribution in [1.82, 2.24) is 4.72 Å². The van der Waals surface area contributed by atoms with E-state index in [9.17, 15) is 8.42 Å². The number of nitrogens with one attached hydrogen (secondary N) is 1. The molecule has 5 heteroatoms. The maximum atomic E-state index is 12.1. The minimum atomic E-state index is -3.51. The molecule has 0 spiro atoms. The van der Waals surface area contributed by atoms with Crippen molar-refractivity contribution in [1.29, 1.82) is 0 Å². The number of hydrogen-bond acceptors (Lipinski definition) is 3. The topological polar surface area (TPSA) is 72.2 Å². The van der Waals surface area contributed by atoms with Crippen molar-refractivity contribution in [3.8, 4) is 11.8 Å². The fourth-order valence-electron chi connectivity index (χ4n) is 1.30. The van der Waals surface area contributed by atoms with E-state index in [0.29, 0.717) is 12.1 Å². The van der Waals surface area contributed by atoms with Crippen molar-refractivity contribution in [2.24, 2.45) is 11.7 Å². The van der Waals surface area contributed by atoms with Crippen molar-refractivity contribution in [2.45, 2.75) is 18.7 Å². The largest absolute Gasteiger partial charge is 0.320 e. The minimum Gasteiger partial charge on any atom is -0.320 e. The monoisotopic (exact) mass is 266 g/mol. The highest BCUT2D eigenvalue weighted by molar-refractivity contribution is 7.89. The summed E-state index contributed by atoms with van der Waals surface area (Å²) in [5.41, 5.74) is 5.77. The summed E-state index contributed by atoms with van der Waals surface area (Å²) in [5.74, 6) is 5.69. The van der Waals surface area contributed by atoms with Gasteiger partial charge in [-0.1, -0.05) is 37.8 Å². The van der Waals surface area contributed by atoms with Gasteiger partial charge in [-0.15, -0.1) is 0 Å². The molecular formula is C13H18N2O2S. The Bertz CT molecular complexity index is 554. The van der Waals surface area contributed by atoms with Gasteiger partial charge in [0, 0.05) is 12.1 Å². The molecule has 1 rings (SSSR count). The van der Waals surface area contributed by atoms with E-state index in [0.717, 1.165) is 0 Å². The van der Waals surface area contributed by atoms with E-state index in [4.69, 9.17) is 5.73 Å². The van der Waals surface area contributed by atoms with E-state index in [1.165, 1.54) is 0 Å². The quantitative estimate of drug-likeness (QED) is 0.796. The smallest absolute Gasteiger partial charge is 0.241 e. The fraction of sp³-hybridized carbons (Fsp3) is 0.385. The average molecular weight is 266 g/mol. The van der Waals surface area contributed by atoms with Crippen LogP contribution in [0.15, 0.2) is 29.2 Å². The van der Waals surface area contributed by atoms with Crippen molar-refractivity contribution in [2.75, 3.05) is 13.1 Å². The molecule has 1 aromatic carbocycles. The van der Waals surface area contributed by atoms with E-state index in [2.05, 4.69) is 16.6 Å². The van der Waals surface area contributed by atoms with E-state index >= 15 is 0 Å². The summed E-state index contributed by atoms with van der Waals surface area (Å²) in [7, 11) is -3.51. The molecule has 0 saturated heterocycles. The lowest BCUT2D eigenvalue weighted by Gasteiger charge is -2.10. The molecular weight excluding hydrogens is 248 g/mol. The first-order valence-electron chi connectivity index (χ1n) is 5.75. The molecule has 98 valence electrons. The zero-order valence-electron chi connectivity index (χ0n) is 10.6. The summed E-state index contributed by atoms with van der Waals surface area (Å²) in [6, 6.07) is 6.65. The predicted molar refractivity (Wildman–Crippen MR) is 72.4 cm³/mol. The van der Waals surface area contributed by atoms with Crippen LogP contribution < -0.4 is 10.5 Å². The highest BCUT2D eigenvalue weighted by Crippen LogP contribution is 2.14. The Hall–Kier alpha value is -1.35. The maximum Gasteiger partial charge on any atom is 0.241 e. The number of benzene rings is 1. The van der Waals surface area contributed by atoms with Crippen LogP contribution in [0.3, 0.4) is 0 Å². The highest BCUT2D eigenvalue weighted by Gasteiger charge is 2.17. The minimum absolute atomic E-state index is 0.201. The van der Waals surface area contributed by atoms with Gasteiger partial charge in [-0.2, -0.15) is 0 Å². The number of nitrogens with two attached hydrogens (primary N) is 1. The second kappa shape index (κ2) is 6.55. The average Bonchev–Trinajstić information content (AvgIpc) is 2.34. The van der Waals surface area contributed by atoms with E-state index in [-0.39, 0.29) is 17.4 Å². The molecule has 0 unspecified atom stereocenters. The Morgan fingerprint density at radius 2 is 2.00 bits per heavy atom. The van der Waals surface area contributed by atoms with Crippen molar-refractivity contribution in [3.63, 3.8) is 0 Å². The SMILES string of the molecule is CC(C)CNS(=O)(=O)c1ccccc1C#CCN. The molecule has 18 heavy (non-hydrogen) atoms. The van der Waals surface area contributed by atoms with Gasteiger partial charge in [-0.25, -0.2) is 13.1 Å². The summed E-state index contributed by atoms with van der Waals surface area (Å²) in [6.45, 7) is 4.50. The van der Waals surface area contributed by atoms with Crippen LogP contribution in [0.1, 0.15) is 19.4 Å². The highest BCUT2D eigenvalue weighted by atomic mass is 32.2. The third kappa shape index (κ3) is 4.15. The third-order valence-electron chi connectivity index (χ3n) is 2.18. The van der Waals surface area contributed by atoms with Gasteiger partial charge in [0.2, 0.25) is 10.0 Å². The van der Waals surface area contributed by atoms with Crippen LogP contribution in [0.25, 0.3) is 0 Å². The number of hydrogen-bond donors (Lipinski definition) is 2. The summed E-state index contributed by atoms with van der Waals surface area (Å²) in [5, 5.41) is 0. The zero-order chi connectivity index (χ0) is 13.6. The molecule has 3 N–H and O–H groups in total. The second-order valence-corrected chi connectivity index (χ2v) is 5.98. The molecule has 0 radical (unpaired) electrons. The molecule has 0 amide bonds. The molecule has 0 aliphatic rings. The van der Waals surface area contributed by atoms with Crippen LogP contribution in [0.2, 0.25) is 0 Å². The van der Waals surface area contributed by atoms with Crippen molar-refractivity contribution in [3.05, 3.63) is 29.8 Å². The maximum absolute atomic E-state index is 12.1. The first kappa shape index (κ1) is 14.7. The molecule has 0 aliphatic carbocycles. The van der Waals surface area contributed by atoms with Gasteiger partial charge in [-0.05, 0) is 18.1 Å². The standard InChI is InChI=1S/C13H18N2O2S/c1-11(2)10-15-18(16,17)13-8-4-3-6-12(13)7-5-9-14/h3-4,6,8,11,15H,9-10,14H2,1-2H3. The number of sulfonamides is 1. The molecule has 0 aliphatic heterocycles. The van der Waals surface area contributed by atoms with Crippen LogP contribution in [0, 0.1) is 17.8 Å².